The van der Waals surface area contributed by atoms with Crippen LogP contribution in [0.2, 0.25) is 0 Å². The lowest BCUT2D eigenvalue weighted by atomic mass is 9.94. The smallest absolute Gasteiger partial charge is 0.305 e. The zero-order valence-corrected chi connectivity index (χ0v) is 17.7. The highest BCUT2D eigenvalue weighted by Gasteiger charge is 2.26. The topological polar surface area (TPSA) is 55.1 Å². The molecule has 4 heteroatoms. The number of benzene rings is 2. The number of aromatic nitrogens is 2. The van der Waals surface area contributed by atoms with E-state index in [4.69, 9.17) is 0 Å². The summed E-state index contributed by atoms with van der Waals surface area (Å²) >= 11 is 0. The lowest BCUT2D eigenvalue weighted by Crippen LogP contribution is -2.07. The van der Waals surface area contributed by atoms with E-state index in [0.717, 1.165) is 23.2 Å². The van der Waals surface area contributed by atoms with Gasteiger partial charge in [0.2, 0.25) is 0 Å². The van der Waals surface area contributed by atoms with Crippen molar-refractivity contribution in [2.24, 2.45) is 0 Å². The maximum atomic E-state index is 11.5. The minimum absolute atomic E-state index is 0.0885. The quantitative estimate of drug-likeness (QED) is 0.390. The van der Waals surface area contributed by atoms with Crippen molar-refractivity contribution in [1.29, 1.82) is 0 Å². The summed E-state index contributed by atoms with van der Waals surface area (Å²) in [5.41, 5.74) is 8.31. The van der Waals surface area contributed by atoms with Crippen LogP contribution in [-0.4, -0.2) is 20.6 Å². The molecule has 5 rings (SSSR count). The Hall–Kier alpha value is -3.40. The van der Waals surface area contributed by atoms with Gasteiger partial charge in [-0.3, -0.25) is 9.78 Å². The summed E-state index contributed by atoms with van der Waals surface area (Å²) in [6, 6.07) is 19.3. The van der Waals surface area contributed by atoms with Gasteiger partial charge in [0.15, 0.2) is 0 Å². The number of carboxylic acid groups (broad SMARTS) is 1. The molecule has 2 aromatic heterocycles. The SMILES string of the molecule is CCc1ccccc1-c1c(-c2ccncc2)c2cc(C3CC3)ccc2n1CCC(=O)O. The van der Waals surface area contributed by atoms with Gasteiger partial charge in [-0.2, -0.15) is 0 Å². The van der Waals surface area contributed by atoms with Gasteiger partial charge in [0.05, 0.1) is 12.1 Å². The molecule has 0 amide bonds. The van der Waals surface area contributed by atoms with Gasteiger partial charge in [0.1, 0.15) is 0 Å². The Labute approximate surface area is 182 Å². The first kappa shape index (κ1) is 19.6. The summed E-state index contributed by atoms with van der Waals surface area (Å²) < 4.78 is 2.21. The van der Waals surface area contributed by atoms with Gasteiger partial charge in [-0.25, -0.2) is 0 Å². The highest BCUT2D eigenvalue weighted by Crippen LogP contribution is 2.46. The lowest BCUT2D eigenvalue weighted by Gasteiger charge is -2.15. The van der Waals surface area contributed by atoms with Crippen molar-refractivity contribution in [2.75, 3.05) is 0 Å². The molecule has 1 aliphatic rings. The zero-order valence-electron chi connectivity index (χ0n) is 17.7. The molecule has 1 saturated carbocycles. The Kier molecular flexibility index (Phi) is 5.06. The third-order valence-electron chi connectivity index (χ3n) is 6.31. The number of carboxylic acids is 1. The van der Waals surface area contributed by atoms with E-state index < -0.39 is 5.97 Å². The molecule has 0 aliphatic heterocycles. The van der Waals surface area contributed by atoms with Crippen LogP contribution in [-0.2, 0) is 17.8 Å². The number of rotatable bonds is 7. The van der Waals surface area contributed by atoms with E-state index in [1.165, 1.54) is 40.5 Å². The molecule has 0 radical (unpaired) electrons. The molecule has 0 atom stereocenters. The number of pyridine rings is 1. The van der Waals surface area contributed by atoms with E-state index in [-0.39, 0.29) is 6.42 Å². The largest absolute Gasteiger partial charge is 0.481 e. The molecule has 2 aromatic carbocycles. The predicted molar refractivity (Wildman–Crippen MR) is 124 cm³/mol. The van der Waals surface area contributed by atoms with Crippen LogP contribution < -0.4 is 0 Å². The summed E-state index contributed by atoms with van der Waals surface area (Å²) in [6.45, 7) is 2.60. The van der Waals surface area contributed by atoms with Gasteiger partial charge in [0, 0.05) is 41.0 Å². The highest BCUT2D eigenvalue weighted by molar-refractivity contribution is 6.05. The van der Waals surface area contributed by atoms with E-state index >= 15 is 0 Å². The van der Waals surface area contributed by atoms with Gasteiger partial charge in [-0.05, 0) is 66.1 Å². The van der Waals surface area contributed by atoms with E-state index in [9.17, 15) is 9.90 Å². The Balaban J connectivity index is 1.86. The van der Waals surface area contributed by atoms with Crippen molar-refractivity contribution >= 4 is 16.9 Å². The summed E-state index contributed by atoms with van der Waals surface area (Å²) in [6.07, 6.45) is 7.17. The molecule has 1 fully saturated rings. The van der Waals surface area contributed by atoms with Gasteiger partial charge in [-0.1, -0.05) is 37.3 Å². The summed E-state index contributed by atoms with van der Waals surface area (Å²) in [5.74, 6) is -0.125. The number of aryl methyl sites for hydroxylation is 2. The van der Waals surface area contributed by atoms with Crippen LogP contribution in [0.1, 0.15) is 43.2 Å². The predicted octanol–water partition coefficient (Wildman–Crippen LogP) is 6.28. The first-order chi connectivity index (χ1) is 15.2. The van der Waals surface area contributed by atoms with Crippen molar-refractivity contribution < 1.29 is 9.90 Å². The van der Waals surface area contributed by atoms with Crippen LogP contribution in [0.5, 0.6) is 0 Å². The van der Waals surface area contributed by atoms with Crippen LogP contribution in [0.3, 0.4) is 0 Å². The number of nitrogens with zero attached hydrogens (tertiary/aromatic N) is 2. The van der Waals surface area contributed by atoms with Crippen LogP contribution in [0.15, 0.2) is 67.0 Å². The fourth-order valence-electron chi connectivity index (χ4n) is 4.63. The second kappa shape index (κ2) is 8.03. The van der Waals surface area contributed by atoms with E-state index in [0.29, 0.717) is 12.5 Å². The molecule has 4 aromatic rings. The maximum Gasteiger partial charge on any atom is 0.305 e. The second-order valence-electron chi connectivity index (χ2n) is 8.32. The van der Waals surface area contributed by atoms with E-state index in [2.05, 4.69) is 71.1 Å². The molecule has 156 valence electrons. The summed E-state index contributed by atoms with van der Waals surface area (Å²) in [5, 5.41) is 10.6. The molecule has 1 N–H and O–H groups in total. The van der Waals surface area contributed by atoms with Crippen molar-refractivity contribution in [3.8, 4) is 22.4 Å². The molecule has 0 spiro atoms. The second-order valence-corrected chi connectivity index (χ2v) is 8.32. The van der Waals surface area contributed by atoms with Crippen molar-refractivity contribution in [3.05, 3.63) is 78.1 Å². The zero-order chi connectivity index (χ0) is 21.4. The third kappa shape index (κ3) is 3.63. The lowest BCUT2D eigenvalue weighted by molar-refractivity contribution is -0.137. The monoisotopic (exact) mass is 410 g/mol. The minimum atomic E-state index is -0.781. The fourth-order valence-corrected chi connectivity index (χ4v) is 4.63. The van der Waals surface area contributed by atoms with Gasteiger partial charge < -0.3 is 9.67 Å². The Morgan fingerprint density at radius 1 is 1.10 bits per heavy atom. The van der Waals surface area contributed by atoms with Crippen LogP contribution >= 0.6 is 0 Å². The van der Waals surface area contributed by atoms with Gasteiger partial charge >= 0.3 is 5.97 Å². The number of fused-ring (bicyclic) bond motifs is 1. The van der Waals surface area contributed by atoms with E-state index in [1.54, 1.807) is 0 Å². The average molecular weight is 411 g/mol. The molecule has 2 heterocycles. The van der Waals surface area contributed by atoms with Crippen LogP contribution in [0, 0.1) is 0 Å². The van der Waals surface area contributed by atoms with Crippen molar-refractivity contribution in [2.45, 2.75) is 45.1 Å². The molecule has 0 saturated heterocycles. The number of hydrogen-bond acceptors (Lipinski definition) is 2. The average Bonchev–Trinajstić information content (AvgIpc) is 3.60. The molecular formula is C27H26N2O2. The molecular weight excluding hydrogens is 384 g/mol. The molecule has 31 heavy (non-hydrogen) atoms. The minimum Gasteiger partial charge on any atom is -0.481 e. The Bertz CT molecular complexity index is 1250. The van der Waals surface area contributed by atoms with Crippen LogP contribution in [0.25, 0.3) is 33.3 Å². The first-order valence-electron chi connectivity index (χ1n) is 11.0. The number of carbonyl (C=O) groups is 1. The third-order valence-corrected chi connectivity index (χ3v) is 6.31. The highest BCUT2D eigenvalue weighted by atomic mass is 16.4. The number of hydrogen-bond donors (Lipinski definition) is 1. The summed E-state index contributed by atoms with van der Waals surface area (Å²) in [4.78, 5) is 15.7. The summed E-state index contributed by atoms with van der Waals surface area (Å²) in [7, 11) is 0. The molecule has 0 unspecified atom stereocenters. The molecule has 0 bridgehead atoms. The van der Waals surface area contributed by atoms with E-state index in [1.807, 2.05) is 12.4 Å². The molecule has 4 nitrogen and oxygen atoms in total. The van der Waals surface area contributed by atoms with Crippen molar-refractivity contribution in [3.63, 3.8) is 0 Å². The van der Waals surface area contributed by atoms with Gasteiger partial charge in [-0.15, -0.1) is 0 Å². The fraction of sp³-hybridized carbons (Fsp3) is 0.259. The van der Waals surface area contributed by atoms with Crippen molar-refractivity contribution in [1.82, 2.24) is 9.55 Å². The standard InChI is InChI=1S/C27H26N2O2/c1-2-18-5-3-4-6-22(18)27-26(20-11-14-28-15-12-20)23-17-21(19-7-8-19)9-10-24(23)29(27)16-13-25(30)31/h3-6,9-12,14-15,17,19H,2,7-8,13,16H2,1H3,(H,30,31). The number of aliphatic carboxylic acids is 1. The molecule has 1 aliphatic carbocycles. The maximum absolute atomic E-state index is 11.5. The Morgan fingerprint density at radius 2 is 1.87 bits per heavy atom. The van der Waals surface area contributed by atoms with Crippen LogP contribution in [0.4, 0.5) is 0 Å². The van der Waals surface area contributed by atoms with Gasteiger partial charge in [0.25, 0.3) is 0 Å². The first-order valence-corrected chi connectivity index (χ1v) is 11.0. The Morgan fingerprint density at radius 3 is 2.58 bits per heavy atom. The normalized spacial score (nSPS) is 13.6.